The molecule has 1 atom stereocenters. The lowest BCUT2D eigenvalue weighted by Crippen LogP contribution is -2.36. The molecular weight excluding hydrogens is 244 g/mol. The van der Waals surface area contributed by atoms with E-state index in [0.29, 0.717) is 12.0 Å². The van der Waals surface area contributed by atoms with Gasteiger partial charge in [0.25, 0.3) is 0 Å². The zero-order chi connectivity index (χ0) is 12.8. The van der Waals surface area contributed by atoms with E-state index < -0.39 is 0 Å². The number of likely N-dealkylation sites (tertiary alicyclic amines) is 1. The molecule has 1 saturated heterocycles. The van der Waals surface area contributed by atoms with Crippen LogP contribution in [0.15, 0.2) is 11.6 Å². The molecule has 2 heterocycles. The SMILES string of the molecule is CC(C)COCCN1CCCC[C@@H]1c1nccs1. The van der Waals surface area contributed by atoms with Crippen LogP contribution < -0.4 is 0 Å². The number of aromatic nitrogens is 1. The number of nitrogens with zero attached hydrogens (tertiary/aromatic N) is 2. The highest BCUT2D eigenvalue weighted by Gasteiger charge is 2.25. The van der Waals surface area contributed by atoms with Crippen LogP contribution in [0, 0.1) is 5.92 Å². The normalized spacial score (nSPS) is 21.6. The quantitative estimate of drug-likeness (QED) is 0.740. The molecule has 1 aromatic rings. The Labute approximate surface area is 114 Å². The van der Waals surface area contributed by atoms with Gasteiger partial charge in [-0.1, -0.05) is 20.3 Å². The fraction of sp³-hybridized carbons (Fsp3) is 0.786. The Bertz CT molecular complexity index is 327. The molecule has 0 spiro atoms. The Kier molecular flexibility index (Phi) is 5.60. The van der Waals surface area contributed by atoms with Gasteiger partial charge in [-0.3, -0.25) is 4.90 Å². The maximum Gasteiger partial charge on any atom is 0.110 e. The van der Waals surface area contributed by atoms with Gasteiger partial charge in [0, 0.05) is 24.7 Å². The standard InChI is InChI=1S/C14H24N2OS/c1-12(2)11-17-9-8-16-7-4-3-5-13(16)14-15-6-10-18-14/h6,10,12-13H,3-5,7-9,11H2,1-2H3/t13-/m1/s1. The average molecular weight is 268 g/mol. The van der Waals surface area contributed by atoms with E-state index in [1.807, 2.05) is 6.20 Å². The fourth-order valence-corrected chi connectivity index (χ4v) is 3.25. The second-order valence-electron chi connectivity index (χ2n) is 5.39. The summed E-state index contributed by atoms with van der Waals surface area (Å²) >= 11 is 1.78. The summed E-state index contributed by atoms with van der Waals surface area (Å²) in [7, 11) is 0. The molecule has 0 N–H and O–H groups in total. The van der Waals surface area contributed by atoms with Gasteiger partial charge in [0.1, 0.15) is 5.01 Å². The fourth-order valence-electron chi connectivity index (χ4n) is 2.44. The van der Waals surface area contributed by atoms with Crippen molar-refractivity contribution in [3.8, 4) is 0 Å². The molecule has 0 aliphatic carbocycles. The zero-order valence-electron chi connectivity index (χ0n) is 11.5. The van der Waals surface area contributed by atoms with Crippen molar-refractivity contribution >= 4 is 11.3 Å². The van der Waals surface area contributed by atoms with E-state index in [1.165, 1.54) is 30.8 Å². The molecule has 3 nitrogen and oxygen atoms in total. The Morgan fingerprint density at radius 2 is 2.39 bits per heavy atom. The van der Waals surface area contributed by atoms with E-state index in [9.17, 15) is 0 Å². The van der Waals surface area contributed by atoms with Gasteiger partial charge in [-0.05, 0) is 25.3 Å². The first-order valence-corrected chi connectivity index (χ1v) is 7.86. The van der Waals surface area contributed by atoms with Crippen molar-refractivity contribution in [1.29, 1.82) is 0 Å². The molecule has 0 saturated carbocycles. The largest absolute Gasteiger partial charge is 0.380 e. The van der Waals surface area contributed by atoms with Crippen molar-refractivity contribution < 1.29 is 4.74 Å². The summed E-state index contributed by atoms with van der Waals surface area (Å²) in [6.07, 6.45) is 5.80. The monoisotopic (exact) mass is 268 g/mol. The molecule has 1 aromatic heterocycles. The number of thiazole rings is 1. The summed E-state index contributed by atoms with van der Waals surface area (Å²) in [5.74, 6) is 0.626. The number of hydrogen-bond acceptors (Lipinski definition) is 4. The predicted molar refractivity (Wildman–Crippen MR) is 75.9 cm³/mol. The summed E-state index contributed by atoms with van der Waals surface area (Å²) in [4.78, 5) is 7.03. The van der Waals surface area contributed by atoms with E-state index in [2.05, 4.69) is 29.1 Å². The number of ether oxygens (including phenoxy) is 1. The van der Waals surface area contributed by atoms with Gasteiger partial charge in [-0.25, -0.2) is 4.98 Å². The molecule has 0 amide bonds. The van der Waals surface area contributed by atoms with Crippen LogP contribution in [-0.2, 0) is 4.74 Å². The van der Waals surface area contributed by atoms with Gasteiger partial charge in [-0.2, -0.15) is 0 Å². The number of rotatable bonds is 6. The Balaban J connectivity index is 1.81. The third kappa shape index (κ3) is 4.04. The molecule has 0 radical (unpaired) electrons. The second kappa shape index (κ2) is 7.22. The molecule has 0 unspecified atom stereocenters. The first kappa shape index (κ1) is 14.0. The molecule has 1 aliphatic rings. The van der Waals surface area contributed by atoms with Gasteiger partial charge < -0.3 is 4.74 Å². The highest BCUT2D eigenvalue weighted by Crippen LogP contribution is 2.31. The highest BCUT2D eigenvalue weighted by atomic mass is 32.1. The van der Waals surface area contributed by atoms with E-state index in [1.54, 1.807) is 11.3 Å². The topological polar surface area (TPSA) is 25.4 Å². The summed E-state index contributed by atoms with van der Waals surface area (Å²) in [6, 6.07) is 0.529. The number of hydrogen-bond donors (Lipinski definition) is 0. The third-order valence-electron chi connectivity index (χ3n) is 3.32. The minimum atomic E-state index is 0.529. The van der Waals surface area contributed by atoms with Crippen LogP contribution in [0.25, 0.3) is 0 Å². The summed E-state index contributed by atoms with van der Waals surface area (Å²) in [5, 5.41) is 3.36. The maximum atomic E-state index is 5.70. The van der Waals surface area contributed by atoms with Crippen LogP contribution in [0.1, 0.15) is 44.2 Å². The predicted octanol–water partition coefficient (Wildman–Crippen LogP) is 3.34. The minimum Gasteiger partial charge on any atom is -0.380 e. The van der Waals surface area contributed by atoms with Gasteiger partial charge in [0.05, 0.1) is 12.6 Å². The Morgan fingerprint density at radius 3 is 3.11 bits per heavy atom. The molecule has 1 fully saturated rings. The molecular formula is C14H24N2OS. The number of piperidine rings is 1. The Morgan fingerprint density at radius 1 is 1.50 bits per heavy atom. The maximum absolute atomic E-state index is 5.70. The van der Waals surface area contributed by atoms with Crippen LogP contribution >= 0.6 is 11.3 Å². The summed E-state index contributed by atoms with van der Waals surface area (Å²) < 4.78 is 5.70. The van der Waals surface area contributed by atoms with Crippen LogP contribution in [0.2, 0.25) is 0 Å². The summed E-state index contributed by atoms with van der Waals surface area (Å²) in [6.45, 7) is 8.33. The van der Waals surface area contributed by atoms with Crippen molar-refractivity contribution in [2.45, 2.75) is 39.2 Å². The van der Waals surface area contributed by atoms with Crippen molar-refractivity contribution in [2.75, 3.05) is 26.3 Å². The molecule has 0 bridgehead atoms. The van der Waals surface area contributed by atoms with E-state index in [4.69, 9.17) is 4.74 Å². The van der Waals surface area contributed by atoms with Gasteiger partial charge in [0.2, 0.25) is 0 Å². The molecule has 2 rings (SSSR count). The average Bonchev–Trinajstić information content (AvgIpc) is 2.88. The highest BCUT2D eigenvalue weighted by molar-refractivity contribution is 7.09. The molecule has 102 valence electrons. The summed E-state index contributed by atoms with van der Waals surface area (Å²) in [5.41, 5.74) is 0. The van der Waals surface area contributed by atoms with Gasteiger partial charge in [-0.15, -0.1) is 11.3 Å². The van der Waals surface area contributed by atoms with Crippen molar-refractivity contribution in [2.24, 2.45) is 5.92 Å². The first-order chi connectivity index (χ1) is 8.77. The minimum absolute atomic E-state index is 0.529. The third-order valence-corrected chi connectivity index (χ3v) is 4.20. The zero-order valence-corrected chi connectivity index (χ0v) is 12.3. The van der Waals surface area contributed by atoms with E-state index in [0.717, 1.165) is 19.8 Å². The Hall–Kier alpha value is -0.450. The molecule has 0 aromatic carbocycles. The van der Waals surface area contributed by atoms with Crippen molar-refractivity contribution in [1.82, 2.24) is 9.88 Å². The lowest BCUT2D eigenvalue weighted by molar-refractivity contribution is 0.0598. The molecule has 18 heavy (non-hydrogen) atoms. The van der Waals surface area contributed by atoms with E-state index >= 15 is 0 Å². The smallest absolute Gasteiger partial charge is 0.110 e. The first-order valence-electron chi connectivity index (χ1n) is 6.98. The van der Waals surface area contributed by atoms with Crippen LogP contribution in [0.5, 0.6) is 0 Å². The van der Waals surface area contributed by atoms with Crippen molar-refractivity contribution in [3.63, 3.8) is 0 Å². The van der Waals surface area contributed by atoms with Crippen molar-refractivity contribution in [3.05, 3.63) is 16.6 Å². The van der Waals surface area contributed by atoms with Crippen LogP contribution in [0.4, 0.5) is 0 Å². The van der Waals surface area contributed by atoms with Crippen LogP contribution in [-0.4, -0.2) is 36.2 Å². The molecule has 1 aliphatic heterocycles. The van der Waals surface area contributed by atoms with Gasteiger partial charge >= 0.3 is 0 Å². The molecule has 4 heteroatoms. The van der Waals surface area contributed by atoms with E-state index in [-0.39, 0.29) is 0 Å². The lowest BCUT2D eigenvalue weighted by Gasteiger charge is -2.34. The second-order valence-corrected chi connectivity index (χ2v) is 6.31. The van der Waals surface area contributed by atoms with Crippen LogP contribution in [0.3, 0.4) is 0 Å². The lowest BCUT2D eigenvalue weighted by atomic mass is 10.0. The van der Waals surface area contributed by atoms with Gasteiger partial charge in [0.15, 0.2) is 0 Å².